The molecule has 6 rings (SSSR count). The number of ether oxygens (including phenoxy) is 1. The van der Waals surface area contributed by atoms with Gasteiger partial charge >= 0.3 is 5.97 Å². The lowest BCUT2D eigenvalue weighted by molar-refractivity contribution is -0.144. The molecule has 0 unspecified atom stereocenters. The number of aliphatic carboxylic acids is 1. The van der Waals surface area contributed by atoms with E-state index < -0.39 is 11.5 Å². The molecule has 1 fully saturated rings. The first-order chi connectivity index (χ1) is 20.0. The molecule has 1 spiro atoms. The highest BCUT2D eigenvalue weighted by molar-refractivity contribution is 6.30. The molecular formula is C35H35ClN2O3. The van der Waals surface area contributed by atoms with Crippen molar-refractivity contribution in [1.29, 1.82) is 0 Å². The summed E-state index contributed by atoms with van der Waals surface area (Å²) in [6, 6.07) is 30.6. The van der Waals surface area contributed by atoms with Gasteiger partial charge in [-0.05, 0) is 96.9 Å². The quantitative estimate of drug-likeness (QED) is 0.215. The molecule has 2 aliphatic carbocycles. The van der Waals surface area contributed by atoms with Gasteiger partial charge in [0.25, 0.3) is 0 Å². The van der Waals surface area contributed by atoms with Gasteiger partial charge in [0.05, 0.1) is 12.8 Å². The molecule has 210 valence electrons. The summed E-state index contributed by atoms with van der Waals surface area (Å²) in [5.74, 6) is 0.542. The monoisotopic (exact) mass is 566 g/mol. The zero-order chi connectivity index (χ0) is 28.3. The Morgan fingerprint density at radius 1 is 0.976 bits per heavy atom. The first kappa shape index (κ1) is 27.3. The van der Waals surface area contributed by atoms with Gasteiger partial charge < -0.3 is 15.2 Å². The number of rotatable bonds is 9. The van der Waals surface area contributed by atoms with Gasteiger partial charge in [0.15, 0.2) is 0 Å². The molecule has 2 aliphatic rings. The van der Waals surface area contributed by atoms with Gasteiger partial charge in [-0.3, -0.25) is 4.98 Å². The van der Waals surface area contributed by atoms with Gasteiger partial charge in [0.1, 0.15) is 11.3 Å². The second-order valence-electron chi connectivity index (χ2n) is 11.6. The van der Waals surface area contributed by atoms with Crippen LogP contribution in [0.25, 0.3) is 0 Å². The fraction of sp³-hybridized carbons (Fsp3) is 0.314. The van der Waals surface area contributed by atoms with E-state index in [0.29, 0.717) is 30.4 Å². The fourth-order valence-electron chi connectivity index (χ4n) is 7.21. The predicted molar refractivity (Wildman–Crippen MR) is 163 cm³/mol. The maximum absolute atomic E-state index is 12.8. The first-order valence-electron chi connectivity index (χ1n) is 14.4. The minimum absolute atomic E-state index is 0.0765. The Morgan fingerprint density at radius 2 is 1.76 bits per heavy atom. The Kier molecular flexibility index (Phi) is 7.72. The molecule has 0 bridgehead atoms. The molecule has 0 aliphatic heterocycles. The van der Waals surface area contributed by atoms with Crippen molar-refractivity contribution >= 4 is 23.3 Å². The highest BCUT2D eigenvalue weighted by atomic mass is 35.5. The molecule has 1 aromatic heterocycles. The lowest BCUT2D eigenvalue weighted by Crippen LogP contribution is -2.53. The maximum Gasteiger partial charge on any atom is 0.329 e. The minimum atomic E-state index is -1.03. The molecular weight excluding hydrogens is 532 g/mol. The van der Waals surface area contributed by atoms with Crippen LogP contribution in [-0.4, -0.2) is 28.2 Å². The largest absolute Gasteiger partial charge is 0.491 e. The minimum Gasteiger partial charge on any atom is -0.491 e. The summed E-state index contributed by atoms with van der Waals surface area (Å²) >= 11 is 6.22. The normalized spacial score (nSPS) is 24.0. The Bertz CT molecular complexity index is 1490. The molecule has 1 saturated carbocycles. The van der Waals surface area contributed by atoms with Gasteiger partial charge in [0.2, 0.25) is 0 Å². The molecule has 5 nitrogen and oxygen atoms in total. The van der Waals surface area contributed by atoms with E-state index in [2.05, 4.69) is 64.9 Å². The standard InChI is InChI=1S/C35H35ClN2O3/c36-29-11-6-12-30(22-29)38-35(33(39)40)17-15-34(16-18-35)28(20-26-10-4-5-14-32(26)34)21-27(25-8-2-1-3-9-25)24-41-31-13-7-19-37-23-31/h1-14,19,22-23,27-28,38H,15-18,20-21,24H2,(H,39,40)/t27-,28-,34?,35?/m1/s1. The molecule has 0 saturated heterocycles. The van der Waals surface area contributed by atoms with Gasteiger partial charge in [-0.15, -0.1) is 0 Å². The molecule has 6 heteroatoms. The fourth-order valence-corrected chi connectivity index (χ4v) is 7.40. The summed E-state index contributed by atoms with van der Waals surface area (Å²) in [5.41, 5.74) is 3.69. The third-order valence-electron chi connectivity index (χ3n) is 9.34. The average Bonchev–Trinajstić information content (AvgIpc) is 3.30. The zero-order valence-electron chi connectivity index (χ0n) is 23.0. The second-order valence-corrected chi connectivity index (χ2v) is 12.0. The first-order valence-corrected chi connectivity index (χ1v) is 14.8. The van der Waals surface area contributed by atoms with Crippen LogP contribution >= 0.6 is 11.6 Å². The maximum atomic E-state index is 12.8. The number of fused-ring (bicyclic) bond motifs is 2. The van der Waals surface area contributed by atoms with Gasteiger partial charge in [-0.1, -0.05) is 72.3 Å². The van der Waals surface area contributed by atoms with Crippen molar-refractivity contribution in [2.24, 2.45) is 5.92 Å². The van der Waals surface area contributed by atoms with E-state index in [9.17, 15) is 9.90 Å². The van der Waals surface area contributed by atoms with Gasteiger partial charge in [0, 0.05) is 22.8 Å². The van der Waals surface area contributed by atoms with Crippen LogP contribution in [0.3, 0.4) is 0 Å². The van der Waals surface area contributed by atoms with Crippen molar-refractivity contribution in [2.45, 2.75) is 55.4 Å². The van der Waals surface area contributed by atoms with Gasteiger partial charge in [-0.2, -0.15) is 0 Å². The average molecular weight is 567 g/mol. The van der Waals surface area contributed by atoms with E-state index >= 15 is 0 Å². The molecule has 41 heavy (non-hydrogen) atoms. The smallest absolute Gasteiger partial charge is 0.329 e. The zero-order valence-corrected chi connectivity index (χ0v) is 23.8. The molecule has 0 amide bonds. The van der Waals surface area contributed by atoms with Crippen molar-refractivity contribution in [2.75, 3.05) is 11.9 Å². The van der Waals surface area contributed by atoms with Gasteiger partial charge in [-0.25, -0.2) is 4.79 Å². The SMILES string of the molecule is O=C(O)C1(Nc2cccc(Cl)c2)CCC2(CC1)c1ccccc1C[C@@H]2C[C@H](COc1cccnc1)c1ccccc1. The second kappa shape index (κ2) is 11.6. The Morgan fingerprint density at radius 3 is 2.49 bits per heavy atom. The third-order valence-corrected chi connectivity index (χ3v) is 9.58. The molecule has 3 aromatic carbocycles. The summed E-state index contributed by atoms with van der Waals surface area (Å²) < 4.78 is 6.27. The van der Waals surface area contributed by atoms with Crippen LogP contribution in [0.2, 0.25) is 5.02 Å². The number of halogens is 1. The third kappa shape index (κ3) is 5.56. The number of carbonyl (C=O) groups is 1. The van der Waals surface area contributed by atoms with E-state index in [4.69, 9.17) is 16.3 Å². The summed E-state index contributed by atoms with van der Waals surface area (Å²) in [4.78, 5) is 17.0. The molecule has 2 N–H and O–H groups in total. The predicted octanol–water partition coefficient (Wildman–Crippen LogP) is 7.91. The van der Waals surface area contributed by atoms with Crippen molar-refractivity contribution in [3.63, 3.8) is 0 Å². The van der Waals surface area contributed by atoms with Crippen LogP contribution in [0, 0.1) is 5.92 Å². The van der Waals surface area contributed by atoms with E-state index in [1.807, 2.05) is 24.3 Å². The summed E-state index contributed by atoms with van der Waals surface area (Å²) in [7, 11) is 0. The number of pyridine rings is 1. The number of benzene rings is 3. The Hall–Kier alpha value is -3.83. The van der Waals surface area contributed by atoms with Crippen LogP contribution in [0.4, 0.5) is 5.69 Å². The lowest BCUT2D eigenvalue weighted by atomic mass is 9.59. The van der Waals surface area contributed by atoms with Crippen molar-refractivity contribution < 1.29 is 14.6 Å². The number of anilines is 1. The number of aromatic nitrogens is 1. The van der Waals surface area contributed by atoms with Crippen LogP contribution in [-0.2, 0) is 16.6 Å². The Balaban J connectivity index is 1.28. The lowest BCUT2D eigenvalue weighted by Gasteiger charge is -2.47. The van der Waals surface area contributed by atoms with Crippen LogP contribution in [0.15, 0.2) is 103 Å². The van der Waals surface area contributed by atoms with Crippen molar-refractivity contribution in [1.82, 2.24) is 4.98 Å². The summed E-state index contributed by atoms with van der Waals surface area (Å²) in [6.45, 7) is 0.564. The number of hydrogen-bond donors (Lipinski definition) is 2. The van der Waals surface area contributed by atoms with Crippen LogP contribution in [0.5, 0.6) is 5.75 Å². The van der Waals surface area contributed by atoms with Crippen molar-refractivity contribution in [3.8, 4) is 5.75 Å². The van der Waals surface area contributed by atoms with E-state index in [0.717, 1.165) is 37.1 Å². The van der Waals surface area contributed by atoms with Crippen LogP contribution < -0.4 is 10.1 Å². The molecule has 4 aromatic rings. The van der Waals surface area contributed by atoms with E-state index in [1.165, 1.54) is 16.7 Å². The topological polar surface area (TPSA) is 71.5 Å². The number of nitrogens with one attached hydrogen (secondary N) is 1. The summed E-state index contributed by atoms with van der Waals surface area (Å²) in [6.07, 6.45) is 8.16. The number of carboxylic acid groups (broad SMARTS) is 1. The van der Waals surface area contributed by atoms with E-state index in [-0.39, 0.29) is 11.3 Å². The highest BCUT2D eigenvalue weighted by Crippen LogP contribution is 2.56. The highest BCUT2D eigenvalue weighted by Gasteiger charge is 2.54. The van der Waals surface area contributed by atoms with Crippen molar-refractivity contribution in [3.05, 3.63) is 125 Å². The molecule has 2 atom stereocenters. The Labute approximate surface area is 246 Å². The number of nitrogens with zero attached hydrogens (tertiary/aromatic N) is 1. The van der Waals surface area contributed by atoms with E-state index in [1.54, 1.807) is 24.5 Å². The molecule has 0 radical (unpaired) electrons. The van der Waals surface area contributed by atoms with Crippen LogP contribution in [0.1, 0.15) is 54.7 Å². The molecule has 1 heterocycles. The number of carboxylic acids is 1. The summed E-state index contributed by atoms with van der Waals surface area (Å²) in [5, 5.41) is 14.4. The number of hydrogen-bond acceptors (Lipinski definition) is 4.